The van der Waals surface area contributed by atoms with Gasteiger partial charge in [-0.25, -0.2) is 9.37 Å². The van der Waals surface area contributed by atoms with E-state index in [0.29, 0.717) is 18.8 Å². The summed E-state index contributed by atoms with van der Waals surface area (Å²) in [5.41, 5.74) is 5.50. The van der Waals surface area contributed by atoms with Crippen LogP contribution in [0.2, 0.25) is 0 Å². The molecule has 1 aliphatic rings. The number of ether oxygens (including phenoxy) is 1. The number of nitrogens with one attached hydrogen (secondary N) is 1. The second kappa shape index (κ2) is 10.2. The highest BCUT2D eigenvalue weighted by Gasteiger charge is 2.39. The van der Waals surface area contributed by atoms with Crippen molar-refractivity contribution in [3.8, 4) is 0 Å². The smallest absolute Gasteiger partial charge is 0.288 e. The molecular weight excluding hydrogens is 493 g/mol. The summed E-state index contributed by atoms with van der Waals surface area (Å²) in [7, 11) is 1.52. The van der Waals surface area contributed by atoms with Gasteiger partial charge in [-0.1, -0.05) is 0 Å². The molecule has 3 N–H and O–H groups in total. The molecule has 1 unspecified atom stereocenters. The molecule has 1 aliphatic heterocycles. The number of amidine groups is 1. The summed E-state index contributed by atoms with van der Waals surface area (Å²) in [5, 5.41) is 2.70. The number of hydrogen-bond donors (Lipinski definition) is 2. The summed E-state index contributed by atoms with van der Waals surface area (Å²) < 4.78 is 20.5. The molecule has 0 fully saturated rings. The number of aromatic nitrogens is 1. The van der Waals surface area contributed by atoms with E-state index in [9.17, 15) is 14.0 Å². The molecule has 0 radical (unpaired) electrons. The normalized spacial score (nSPS) is 18.3. The Kier molecular flexibility index (Phi) is 8.10. The Hall–Kier alpha value is -2.56. The Morgan fingerprint density at radius 1 is 1.39 bits per heavy atom. The number of nitrogens with two attached hydrogens (primary N) is 1. The van der Waals surface area contributed by atoms with Gasteiger partial charge in [-0.05, 0) is 53.2 Å². The molecular formula is C20H22BrClFN5O3. The molecule has 1 aromatic heterocycles. The SMILES string of the molecule is COCCN1CC(C)(c2cc(NC(=O)c3ccc(Br)cn3)ccc2F)N=C(N)C1=O.Cl. The highest BCUT2D eigenvalue weighted by molar-refractivity contribution is 9.10. The lowest BCUT2D eigenvalue weighted by Crippen LogP contribution is -2.53. The minimum Gasteiger partial charge on any atom is -0.383 e. The van der Waals surface area contributed by atoms with Gasteiger partial charge in [0.2, 0.25) is 0 Å². The Balaban J connectivity index is 0.00000341. The van der Waals surface area contributed by atoms with E-state index in [0.717, 1.165) is 4.47 Å². The highest BCUT2D eigenvalue weighted by Crippen LogP contribution is 2.33. The Labute approximate surface area is 193 Å². The summed E-state index contributed by atoms with van der Waals surface area (Å²) >= 11 is 3.26. The standard InChI is InChI=1S/C20H21BrFN5O3.ClH/c1-20(11-27(7-8-30-2)19(29)17(23)26-20)14-9-13(4-5-15(14)22)25-18(28)16-6-3-12(21)10-24-16;/h3-6,9-10H,7-8,11H2,1-2H3,(H2,23,26)(H,25,28);1H. The maximum absolute atomic E-state index is 14.7. The van der Waals surface area contributed by atoms with Gasteiger partial charge >= 0.3 is 0 Å². The zero-order chi connectivity index (χ0) is 21.9. The van der Waals surface area contributed by atoms with Gasteiger partial charge in [-0.3, -0.25) is 14.6 Å². The fourth-order valence-corrected chi connectivity index (χ4v) is 3.44. The van der Waals surface area contributed by atoms with Crippen LogP contribution in [-0.2, 0) is 15.1 Å². The first-order valence-corrected chi connectivity index (χ1v) is 9.89. The third-order valence-corrected chi connectivity index (χ3v) is 5.17. The first-order valence-electron chi connectivity index (χ1n) is 9.10. The van der Waals surface area contributed by atoms with Crippen LogP contribution in [0.1, 0.15) is 23.0 Å². The highest BCUT2D eigenvalue weighted by atomic mass is 79.9. The maximum atomic E-state index is 14.7. The van der Waals surface area contributed by atoms with E-state index in [-0.39, 0.29) is 36.0 Å². The van der Waals surface area contributed by atoms with Crippen molar-refractivity contribution in [2.24, 2.45) is 10.7 Å². The van der Waals surface area contributed by atoms with Crippen LogP contribution in [0.4, 0.5) is 10.1 Å². The van der Waals surface area contributed by atoms with Crippen molar-refractivity contribution >= 4 is 51.7 Å². The largest absolute Gasteiger partial charge is 0.383 e. The van der Waals surface area contributed by atoms with E-state index >= 15 is 0 Å². The molecule has 2 amide bonds. The topological polar surface area (TPSA) is 110 Å². The number of rotatable bonds is 6. The number of halogens is 3. The first kappa shape index (κ1) is 24.7. The number of hydrogen-bond acceptors (Lipinski definition) is 6. The second-order valence-electron chi connectivity index (χ2n) is 7.00. The van der Waals surface area contributed by atoms with Crippen LogP contribution < -0.4 is 11.1 Å². The van der Waals surface area contributed by atoms with Gasteiger partial charge in [0.15, 0.2) is 5.84 Å². The molecule has 2 aromatic rings. The van der Waals surface area contributed by atoms with E-state index in [1.807, 2.05) is 0 Å². The third kappa shape index (κ3) is 5.57. The minimum atomic E-state index is -1.12. The van der Waals surface area contributed by atoms with Gasteiger partial charge in [0.05, 0.1) is 13.2 Å². The molecule has 2 heterocycles. The molecule has 0 bridgehead atoms. The number of amides is 2. The van der Waals surface area contributed by atoms with E-state index in [1.165, 1.54) is 36.4 Å². The van der Waals surface area contributed by atoms with Crippen molar-refractivity contribution in [1.29, 1.82) is 0 Å². The van der Waals surface area contributed by atoms with Crippen LogP contribution in [0.5, 0.6) is 0 Å². The molecule has 11 heteroatoms. The predicted octanol–water partition coefficient (Wildman–Crippen LogP) is 2.72. The summed E-state index contributed by atoms with van der Waals surface area (Å²) in [4.78, 5) is 34.5. The van der Waals surface area contributed by atoms with Gasteiger partial charge in [-0.2, -0.15) is 0 Å². The molecule has 0 aliphatic carbocycles. The number of carbonyl (C=O) groups is 2. The second-order valence-corrected chi connectivity index (χ2v) is 7.92. The zero-order valence-corrected chi connectivity index (χ0v) is 19.3. The summed E-state index contributed by atoms with van der Waals surface area (Å²) in [6.45, 7) is 2.42. The van der Waals surface area contributed by atoms with Crippen molar-refractivity contribution in [3.63, 3.8) is 0 Å². The maximum Gasteiger partial charge on any atom is 0.288 e. The first-order chi connectivity index (χ1) is 14.2. The number of aliphatic imine (C=N–C) groups is 1. The van der Waals surface area contributed by atoms with Gasteiger partial charge in [0.1, 0.15) is 17.1 Å². The number of carbonyl (C=O) groups excluding carboxylic acids is 2. The number of methoxy groups -OCH3 is 1. The van der Waals surface area contributed by atoms with Gasteiger partial charge < -0.3 is 20.7 Å². The molecule has 8 nitrogen and oxygen atoms in total. The number of nitrogens with zero attached hydrogens (tertiary/aromatic N) is 3. The van der Waals surface area contributed by atoms with E-state index in [2.05, 4.69) is 31.2 Å². The number of anilines is 1. The van der Waals surface area contributed by atoms with Crippen LogP contribution in [0.3, 0.4) is 0 Å². The van der Waals surface area contributed by atoms with Crippen molar-refractivity contribution in [2.75, 3.05) is 32.1 Å². The average molecular weight is 515 g/mol. The van der Waals surface area contributed by atoms with E-state index in [4.69, 9.17) is 10.5 Å². The fourth-order valence-electron chi connectivity index (χ4n) is 3.20. The van der Waals surface area contributed by atoms with Gasteiger partial charge in [0.25, 0.3) is 11.8 Å². The van der Waals surface area contributed by atoms with Gasteiger partial charge in [0, 0.05) is 35.6 Å². The minimum absolute atomic E-state index is 0. The number of benzene rings is 1. The van der Waals surface area contributed by atoms with Crippen molar-refractivity contribution in [3.05, 3.63) is 58.1 Å². The van der Waals surface area contributed by atoms with Crippen molar-refractivity contribution in [1.82, 2.24) is 9.88 Å². The van der Waals surface area contributed by atoms with Gasteiger partial charge in [-0.15, -0.1) is 12.4 Å². The Morgan fingerprint density at radius 3 is 2.77 bits per heavy atom. The third-order valence-electron chi connectivity index (χ3n) is 4.70. The molecule has 1 aromatic carbocycles. The van der Waals surface area contributed by atoms with Crippen LogP contribution in [0, 0.1) is 5.82 Å². The lowest BCUT2D eigenvalue weighted by Gasteiger charge is -2.37. The molecule has 0 spiro atoms. The zero-order valence-electron chi connectivity index (χ0n) is 16.9. The fraction of sp³-hybridized carbons (Fsp3) is 0.300. The molecule has 0 saturated carbocycles. The van der Waals surface area contributed by atoms with Crippen LogP contribution in [-0.4, -0.2) is 54.3 Å². The van der Waals surface area contributed by atoms with E-state index in [1.54, 1.807) is 19.1 Å². The lowest BCUT2D eigenvalue weighted by molar-refractivity contribution is -0.126. The monoisotopic (exact) mass is 513 g/mol. The van der Waals surface area contributed by atoms with Crippen LogP contribution >= 0.6 is 28.3 Å². The number of pyridine rings is 1. The molecule has 0 saturated heterocycles. The summed E-state index contributed by atoms with van der Waals surface area (Å²) in [5.74, 6) is -1.58. The molecule has 1 atom stereocenters. The summed E-state index contributed by atoms with van der Waals surface area (Å²) in [6.07, 6.45) is 1.51. The Bertz CT molecular complexity index is 1000. The molecule has 3 rings (SSSR count). The van der Waals surface area contributed by atoms with Crippen molar-refractivity contribution in [2.45, 2.75) is 12.5 Å². The average Bonchev–Trinajstić information content (AvgIpc) is 2.71. The van der Waals surface area contributed by atoms with Crippen molar-refractivity contribution < 1.29 is 18.7 Å². The van der Waals surface area contributed by atoms with E-state index < -0.39 is 23.2 Å². The van der Waals surface area contributed by atoms with Crippen LogP contribution in [0.15, 0.2) is 46.0 Å². The summed E-state index contributed by atoms with van der Waals surface area (Å²) in [6, 6.07) is 7.45. The molecule has 166 valence electrons. The lowest BCUT2D eigenvalue weighted by atomic mass is 9.89. The Morgan fingerprint density at radius 2 is 2.13 bits per heavy atom. The molecule has 31 heavy (non-hydrogen) atoms. The predicted molar refractivity (Wildman–Crippen MR) is 121 cm³/mol. The van der Waals surface area contributed by atoms with Crippen LogP contribution in [0.25, 0.3) is 0 Å². The quantitative estimate of drug-likeness (QED) is 0.616.